The summed E-state index contributed by atoms with van der Waals surface area (Å²) in [4.78, 5) is 24.6. The molecule has 1 aromatic carbocycles. The molecular weight excluding hydrogens is 436 g/mol. The Balaban J connectivity index is 1.38. The fourth-order valence-electron chi connectivity index (χ4n) is 5.80. The SMILES string of the molecule is CCCCCC1CCC(C2CCC(C(=O)Oc3ccc(/C=C/C(=O)OC(C)(C)C)cc3)CC2)CC1. The minimum absolute atomic E-state index is 0.0170. The normalized spacial score (nSPS) is 25.4. The number of ether oxygens (including phenoxy) is 2. The molecule has 0 aromatic heterocycles. The summed E-state index contributed by atoms with van der Waals surface area (Å²) in [6.07, 6.45) is 18.5. The average molecular weight is 483 g/mol. The van der Waals surface area contributed by atoms with Crippen LogP contribution in [-0.4, -0.2) is 17.5 Å². The Kier molecular flexibility index (Phi) is 10.4. The molecule has 0 radical (unpaired) electrons. The maximum Gasteiger partial charge on any atom is 0.331 e. The van der Waals surface area contributed by atoms with E-state index < -0.39 is 5.60 Å². The molecule has 0 bridgehead atoms. The number of benzene rings is 1. The molecular formula is C31H46O4. The lowest BCUT2D eigenvalue weighted by molar-refractivity contribution is -0.148. The molecule has 2 fully saturated rings. The van der Waals surface area contributed by atoms with Crippen molar-refractivity contribution < 1.29 is 19.1 Å². The lowest BCUT2D eigenvalue weighted by atomic mass is 9.68. The van der Waals surface area contributed by atoms with Gasteiger partial charge in [0.25, 0.3) is 0 Å². The highest BCUT2D eigenvalue weighted by molar-refractivity contribution is 5.87. The Hall–Kier alpha value is -2.10. The quantitative estimate of drug-likeness (QED) is 0.154. The van der Waals surface area contributed by atoms with E-state index in [1.807, 2.05) is 32.9 Å². The third-order valence-electron chi connectivity index (χ3n) is 7.80. The molecule has 2 aliphatic carbocycles. The molecule has 4 heteroatoms. The average Bonchev–Trinajstić information content (AvgIpc) is 2.83. The van der Waals surface area contributed by atoms with Gasteiger partial charge in [0.05, 0.1) is 5.92 Å². The van der Waals surface area contributed by atoms with Gasteiger partial charge < -0.3 is 9.47 Å². The molecule has 2 aliphatic rings. The fraction of sp³-hybridized carbons (Fsp3) is 0.677. The van der Waals surface area contributed by atoms with Crippen molar-refractivity contribution >= 4 is 18.0 Å². The summed E-state index contributed by atoms with van der Waals surface area (Å²) in [6, 6.07) is 7.27. The molecule has 35 heavy (non-hydrogen) atoms. The minimum Gasteiger partial charge on any atom is -0.457 e. The minimum atomic E-state index is -0.508. The Morgan fingerprint density at radius 1 is 0.886 bits per heavy atom. The lowest BCUT2D eigenvalue weighted by Crippen LogP contribution is -2.30. The molecule has 0 N–H and O–H groups in total. The second kappa shape index (κ2) is 13.3. The van der Waals surface area contributed by atoms with Crippen LogP contribution in [0.2, 0.25) is 0 Å². The number of unbranched alkanes of at least 4 members (excludes halogenated alkanes) is 2. The Morgan fingerprint density at radius 2 is 1.49 bits per heavy atom. The molecule has 1 aromatic rings. The van der Waals surface area contributed by atoms with E-state index in [2.05, 4.69) is 6.92 Å². The van der Waals surface area contributed by atoms with Crippen molar-refractivity contribution in [1.29, 1.82) is 0 Å². The van der Waals surface area contributed by atoms with Gasteiger partial charge in [0.2, 0.25) is 0 Å². The molecule has 3 rings (SSSR count). The van der Waals surface area contributed by atoms with Crippen LogP contribution < -0.4 is 4.74 Å². The lowest BCUT2D eigenvalue weighted by Gasteiger charge is -2.37. The van der Waals surface area contributed by atoms with E-state index in [4.69, 9.17) is 9.47 Å². The summed E-state index contributed by atoms with van der Waals surface area (Å²) in [5.41, 5.74) is 0.350. The Morgan fingerprint density at radius 3 is 2.06 bits per heavy atom. The van der Waals surface area contributed by atoms with E-state index >= 15 is 0 Å². The number of hydrogen-bond acceptors (Lipinski definition) is 4. The first-order valence-corrected chi connectivity index (χ1v) is 14.0. The van der Waals surface area contributed by atoms with E-state index in [0.717, 1.165) is 36.2 Å². The van der Waals surface area contributed by atoms with Gasteiger partial charge in [0, 0.05) is 6.08 Å². The summed E-state index contributed by atoms with van der Waals surface area (Å²) in [5.74, 6) is 2.74. The fourth-order valence-corrected chi connectivity index (χ4v) is 5.80. The van der Waals surface area contributed by atoms with Gasteiger partial charge in [-0.05, 0) is 101 Å². The van der Waals surface area contributed by atoms with Crippen molar-refractivity contribution in [1.82, 2.24) is 0 Å². The predicted octanol–water partition coefficient (Wildman–Crippen LogP) is 8.14. The number of rotatable bonds is 9. The largest absolute Gasteiger partial charge is 0.457 e. The highest BCUT2D eigenvalue weighted by Gasteiger charge is 2.33. The van der Waals surface area contributed by atoms with Crippen LogP contribution in [-0.2, 0) is 14.3 Å². The first-order valence-electron chi connectivity index (χ1n) is 14.0. The van der Waals surface area contributed by atoms with Crippen molar-refractivity contribution in [2.45, 2.75) is 110 Å². The van der Waals surface area contributed by atoms with Gasteiger partial charge in [-0.25, -0.2) is 4.79 Å². The van der Waals surface area contributed by atoms with Crippen LogP contribution in [0.1, 0.15) is 110 Å². The Bertz CT molecular complexity index is 817. The smallest absolute Gasteiger partial charge is 0.331 e. The molecule has 194 valence electrons. The predicted molar refractivity (Wildman–Crippen MR) is 142 cm³/mol. The molecule has 0 amide bonds. The number of carbonyl (C=O) groups excluding carboxylic acids is 2. The number of hydrogen-bond donors (Lipinski definition) is 0. The zero-order chi connectivity index (χ0) is 25.3. The molecule has 0 saturated heterocycles. The van der Waals surface area contributed by atoms with Crippen LogP contribution in [0.5, 0.6) is 5.75 Å². The summed E-state index contributed by atoms with van der Waals surface area (Å²) in [5, 5.41) is 0. The molecule has 0 spiro atoms. The number of esters is 2. The maximum absolute atomic E-state index is 12.8. The van der Waals surface area contributed by atoms with Crippen molar-refractivity contribution in [3.05, 3.63) is 35.9 Å². The third-order valence-corrected chi connectivity index (χ3v) is 7.80. The van der Waals surface area contributed by atoms with Gasteiger partial charge in [-0.15, -0.1) is 0 Å². The van der Waals surface area contributed by atoms with Crippen LogP contribution in [0.4, 0.5) is 0 Å². The molecule has 0 heterocycles. The summed E-state index contributed by atoms with van der Waals surface area (Å²) >= 11 is 0. The van der Waals surface area contributed by atoms with Crippen molar-refractivity contribution in [2.75, 3.05) is 0 Å². The molecule has 0 unspecified atom stereocenters. The van der Waals surface area contributed by atoms with E-state index in [9.17, 15) is 9.59 Å². The van der Waals surface area contributed by atoms with Crippen molar-refractivity contribution in [3.63, 3.8) is 0 Å². The molecule has 4 nitrogen and oxygen atoms in total. The topological polar surface area (TPSA) is 52.6 Å². The highest BCUT2D eigenvalue weighted by atomic mass is 16.6. The maximum atomic E-state index is 12.8. The van der Waals surface area contributed by atoms with Gasteiger partial charge in [0.15, 0.2) is 0 Å². The first-order chi connectivity index (χ1) is 16.7. The first kappa shape index (κ1) is 27.5. The molecule has 0 aliphatic heterocycles. The Labute approximate surface area is 212 Å². The monoisotopic (exact) mass is 482 g/mol. The van der Waals surface area contributed by atoms with Crippen molar-refractivity contribution in [2.24, 2.45) is 23.7 Å². The zero-order valence-electron chi connectivity index (χ0n) is 22.4. The van der Waals surface area contributed by atoms with Gasteiger partial charge in [0.1, 0.15) is 11.4 Å². The molecule has 0 atom stereocenters. The van der Waals surface area contributed by atoms with Crippen molar-refractivity contribution in [3.8, 4) is 5.75 Å². The van der Waals surface area contributed by atoms with Crippen LogP contribution in [0.3, 0.4) is 0 Å². The van der Waals surface area contributed by atoms with Gasteiger partial charge in [-0.2, -0.15) is 0 Å². The van der Waals surface area contributed by atoms with E-state index in [1.165, 1.54) is 70.3 Å². The van der Waals surface area contributed by atoms with Crippen LogP contribution in [0.25, 0.3) is 6.08 Å². The van der Waals surface area contributed by atoms with Gasteiger partial charge >= 0.3 is 11.9 Å². The standard InChI is InChI=1S/C31H46O4/c1-5-6-7-8-23-9-14-25(15-10-23)26-16-18-27(19-17-26)30(33)34-28-20-11-24(12-21-28)13-22-29(32)35-31(2,3)4/h11-13,20-23,25-27H,5-10,14-19H2,1-4H3/b22-13+. The van der Waals surface area contributed by atoms with E-state index in [1.54, 1.807) is 18.2 Å². The van der Waals surface area contributed by atoms with Crippen LogP contribution in [0, 0.1) is 23.7 Å². The number of carbonyl (C=O) groups is 2. The molecule has 2 saturated carbocycles. The second-order valence-electron chi connectivity index (χ2n) is 11.7. The van der Waals surface area contributed by atoms with Crippen LogP contribution >= 0.6 is 0 Å². The van der Waals surface area contributed by atoms with E-state index in [-0.39, 0.29) is 17.9 Å². The van der Waals surface area contributed by atoms with E-state index in [0.29, 0.717) is 5.75 Å². The summed E-state index contributed by atoms with van der Waals surface area (Å²) < 4.78 is 11.0. The summed E-state index contributed by atoms with van der Waals surface area (Å²) in [6.45, 7) is 7.81. The van der Waals surface area contributed by atoms with Crippen LogP contribution in [0.15, 0.2) is 30.3 Å². The second-order valence-corrected chi connectivity index (χ2v) is 11.7. The summed E-state index contributed by atoms with van der Waals surface area (Å²) in [7, 11) is 0. The zero-order valence-corrected chi connectivity index (χ0v) is 22.4. The van der Waals surface area contributed by atoms with Gasteiger partial charge in [-0.1, -0.05) is 57.6 Å². The highest BCUT2D eigenvalue weighted by Crippen LogP contribution is 2.42. The third kappa shape index (κ3) is 9.46. The van der Waals surface area contributed by atoms with Gasteiger partial charge in [-0.3, -0.25) is 4.79 Å².